The van der Waals surface area contributed by atoms with Crippen LogP contribution in [0.1, 0.15) is 45.7 Å². The van der Waals surface area contributed by atoms with Crippen molar-refractivity contribution in [3.8, 4) is 5.75 Å². The van der Waals surface area contributed by atoms with E-state index in [9.17, 15) is 9.59 Å². The maximum absolute atomic E-state index is 12.8. The van der Waals surface area contributed by atoms with Crippen LogP contribution in [0, 0.1) is 20.8 Å². The molecule has 1 N–H and O–H groups in total. The summed E-state index contributed by atoms with van der Waals surface area (Å²) in [5, 5.41) is 4.01. The fraction of sp³-hybridized carbons (Fsp3) is 0.423. The normalized spacial score (nSPS) is 13.0. The van der Waals surface area contributed by atoms with Gasteiger partial charge in [0.2, 0.25) is 11.8 Å². The molecule has 1 aliphatic heterocycles. The number of thiophene rings is 1. The molecule has 2 amide bonds. The van der Waals surface area contributed by atoms with Gasteiger partial charge in [-0.05, 0) is 56.4 Å². The molecule has 8 heteroatoms. The van der Waals surface area contributed by atoms with Crippen LogP contribution >= 0.6 is 11.3 Å². The molecule has 7 nitrogen and oxygen atoms in total. The number of carbonyl (C=O) groups excluding carboxylic acids is 2. The Morgan fingerprint density at radius 1 is 1.21 bits per heavy atom. The number of benzene rings is 1. The van der Waals surface area contributed by atoms with E-state index < -0.39 is 0 Å². The lowest BCUT2D eigenvalue weighted by Crippen LogP contribution is -2.35. The van der Waals surface area contributed by atoms with Gasteiger partial charge in [-0.1, -0.05) is 17.7 Å². The standard InChI is InChI=1S/C26H32N4O3S/c1-17-5-7-22(33-4)20(13-17)6-8-24(31)28-26-19(3)21-9-12-30(15-23(21)34-26)25(32)10-11-29-14-18(2)27-16-29/h5,7,13-14,16H,6,8-12,15H2,1-4H3,(H,28,31). The molecule has 0 spiro atoms. The molecular formula is C26H32N4O3S. The summed E-state index contributed by atoms with van der Waals surface area (Å²) in [6.45, 7) is 8.01. The Hall–Kier alpha value is -3.13. The van der Waals surface area contributed by atoms with Crippen LogP contribution in [0.25, 0.3) is 0 Å². The number of nitrogens with zero attached hydrogens (tertiary/aromatic N) is 3. The Kier molecular flexibility index (Phi) is 7.36. The van der Waals surface area contributed by atoms with Crippen molar-refractivity contribution in [1.82, 2.24) is 14.5 Å². The highest BCUT2D eigenvalue weighted by Gasteiger charge is 2.25. The van der Waals surface area contributed by atoms with Gasteiger partial charge < -0.3 is 19.5 Å². The van der Waals surface area contributed by atoms with Crippen LogP contribution in [0.2, 0.25) is 0 Å². The number of hydrogen-bond acceptors (Lipinski definition) is 5. The Bertz CT molecular complexity index is 1200. The number of hydrogen-bond donors (Lipinski definition) is 1. The number of anilines is 1. The van der Waals surface area contributed by atoms with Crippen LogP contribution in [-0.4, -0.2) is 39.9 Å². The second-order valence-corrected chi connectivity index (χ2v) is 9.99. The SMILES string of the molecule is COc1ccc(C)cc1CCC(=O)Nc1sc2c(c1C)CCN(C(=O)CCn1cnc(C)c1)C2. The average molecular weight is 481 g/mol. The third kappa shape index (κ3) is 5.50. The summed E-state index contributed by atoms with van der Waals surface area (Å²) >= 11 is 1.60. The monoisotopic (exact) mass is 480 g/mol. The van der Waals surface area contributed by atoms with Gasteiger partial charge in [0, 0.05) is 37.0 Å². The predicted molar refractivity (Wildman–Crippen MR) is 134 cm³/mol. The van der Waals surface area contributed by atoms with E-state index in [1.54, 1.807) is 24.8 Å². The van der Waals surface area contributed by atoms with Crippen LogP contribution in [0.4, 0.5) is 5.00 Å². The first-order valence-corrected chi connectivity index (χ1v) is 12.5. The number of nitrogens with one attached hydrogen (secondary N) is 1. The van der Waals surface area contributed by atoms with E-state index in [2.05, 4.69) is 23.3 Å². The minimum Gasteiger partial charge on any atom is -0.496 e. The summed E-state index contributed by atoms with van der Waals surface area (Å²) in [7, 11) is 1.65. The first-order valence-electron chi connectivity index (χ1n) is 11.6. The fourth-order valence-corrected chi connectivity index (χ4v) is 5.70. The summed E-state index contributed by atoms with van der Waals surface area (Å²) in [4.78, 5) is 32.8. The molecule has 3 heterocycles. The lowest BCUT2D eigenvalue weighted by atomic mass is 10.0. The van der Waals surface area contributed by atoms with Crippen molar-refractivity contribution in [2.75, 3.05) is 19.0 Å². The molecule has 3 aromatic rings. The Labute approximate surface area is 204 Å². The number of carbonyl (C=O) groups is 2. The van der Waals surface area contributed by atoms with E-state index in [4.69, 9.17) is 4.74 Å². The third-order valence-electron chi connectivity index (χ3n) is 6.33. The Morgan fingerprint density at radius 2 is 2.03 bits per heavy atom. The van der Waals surface area contributed by atoms with E-state index >= 15 is 0 Å². The number of fused-ring (bicyclic) bond motifs is 1. The molecule has 1 aliphatic rings. The molecule has 2 aromatic heterocycles. The van der Waals surface area contributed by atoms with E-state index in [1.165, 1.54) is 10.4 Å². The Balaban J connectivity index is 1.34. The minimum atomic E-state index is -0.00573. The highest BCUT2D eigenvalue weighted by atomic mass is 32.1. The third-order valence-corrected chi connectivity index (χ3v) is 7.56. The number of methoxy groups -OCH3 is 1. The van der Waals surface area contributed by atoms with Crippen molar-refractivity contribution in [3.05, 3.63) is 63.5 Å². The molecule has 34 heavy (non-hydrogen) atoms. The van der Waals surface area contributed by atoms with E-state index in [-0.39, 0.29) is 11.8 Å². The van der Waals surface area contributed by atoms with Gasteiger partial charge in [0.05, 0.1) is 30.7 Å². The summed E-state index contributed by atoms with van der Waals surface area (Å²) in [5.41, 5.74) is 5.55. The molecule has 0 unspecified atom stereocenters. The zero-order valence-electron chi connectivity index (χ0n) is 20.3. The van der Waals surface area contributed by atoms with E-state index in [1.807, 2.05) is 41.6 Å². The van der Waals surface area contributed by atoms with Crippen LogP contribution in [0.15, 0.2) is 30.7 Å². The van der Waals surface area contributed by atoms with Crippen molar-refractivity contribution < 1.29 is 14.3 Å². The molecule has 0 fully saturated rings. The predicted octanol–water partition coefficient (Wildman–Crippen LogP) is 4.42. The quantitative estimate of drug-likeness (QED) is 0.518. The lowest BCUT2D eigenvalue weighted by Gasteiger charge is -2.27. The summed E-state index contributed by atoms with van der Waals surface area (Å²) in [6, 6.07) is 6.03. The topological polar surface area (TPSA) is 76.5 Å². The number of ether oxygens (including phenoxy) is 1. The molecule has 180 valence electrons. The maximum Gasteiger partial charge on any atom is 0.225 e. The zero-order valence-corrected chi connectivity index (χ0v) is 21.1. The molecule has 0 radical (unpaired) electrons. The molecule has 0 saturated heterocycles. The largest absolute Gasteiger partial charge is 0.496 e. The van der Waals surface area contributed by atoms with Crippen molar-refractivity contribution in [1.29, 1.82) is 0 Å². The molecule has 0 atom stereocenters. The summed E-state index contributed by atoms with van der Waals surface area (Å²) in [5.74, 6) is 0.962. The van der Waals surface area contributed by atoms with Gasteiger partial charge >= 0.3 is 0 Å². The first kappa shape index (κ1) is 24.0. The summed E-state index contributed by atoms with van der Waals surface area (Å²) < 4.78 is 7.39. The molecule has 4 rings (SSSR count). The van der Waals surface area contributed by atoms with Gasteiger partial charge in [-0.25, -0.2) is 4.98 Å². The van der Waals surface area contributed by atoms with Gasteiger partial charge in [-0.3, -0.25) is 9.59 Å². The smallest absolute Gasteiger partial charge is 0.225 e. The van der Waals surface area contributed by atoms with Crippen molar-refractivity contribution in [2.45, 2.75) is 59.5 Å². The average Bonchev–Trinajstić information content (AvgIpc) is 3.38. The highest BCUT2D eigenvalue weighted by Crippen LogP contribution is 2.36. The molecule has 0 saturated carbocycles. The highest BCUT2D eigenvalue weighted by molar-refractivity contribution is 7.16. The molecule has 0 bridgehead atoms. The first-order chi connectivity index (χ1) is 16.3. The van der Waals surface area contributed by atoms with E-state index in [0.29, 0.717) is 38.9 Å². The fourth-order valence-electron chi connectivity index (χ4n) is 4.41. The van der Waals surface area contributed by atoms with Crippen LogP contribution in [0.3, 0.4) is 0 Å². The number of aromatic nitrogens is 2. The number of imidazole rings is 1. The van der Waals surface area contributed by atoms with Crippen LogP contribution in [-0.2, 0) is 35.5 Å². The van der Waals surface area contributed by atoms with Gasteiger partial charge in [0.25, 0.3) is 0 Å². The Morgan fingerprint density at radius 3 is 2.76 bits per heavy atom. The number of amides is 2. The van der Waals surface area contributed by atoms with Crippen molar-refractivity contribution in [3.63, 3.8) is 0 Å². The number of aryl methyl sites for hydroxylation is 4. The minimum absolute atomic E-state index is 0.00573. The van der Waals surface area contributed by atoms with Crippen molar-refractivity contribution in [2.24, 2.45) is 0 Å². The van der Waals surface area contributed by atoms with Gasteiger partial charge in [0.1, 0.15) is 5.75 Å². The lowest BCUT2D eigenvalue weighted by molar-refractivity contribution is -0.132. The van der Waals surface area contributed by atoms with Gasteiger partial charge in [0.15, 0.2) is 0 Å². The van der Waals surface area contributed by atoms with Gasteiger partial charge in [-0.2, -0.15) is 0 Å². The maximum atomic E-state index is 12.8. The second-order valence-electron chi connectivity index (χ2n) is 8.89. The molecule has 1 aromatic carbocycles. The van der Waals surface area contributed by atoms with Gasteiger partial charge in [-0.15, -0.1) is 11.3 Å². The number of rotatable bonds is 8. The summed E-state index contributed by atoms with van der Waals surface area (Å²) in [6.07, 6.45) is 6.02. The zero-order chi connectivity index (χ0) is 24.2. The van der Waals surface area contributed by atoms with Crippen LogP contribution < -0.4 is 10.1 Å². The molecular weight excluding hydrogens is 448 g/mol. The second kappa shape index (κ2) is 10.4. The molecule has 0 aliphatic carbocycles. The van der Waals surface area contributed by atoms with Crippen LogP contribution in [0.5, 0.6) is 5.75 Å². The van der Waals surface area contributed by atoms with Crippen molar-refractivity contribution >= 4 is 28.2 Å². The van der Waals surface area contributed by atoms with E-state index in [0.717, 1.165) is 39.6 Å².